The van der Waals surface area contributed by atoms with Crippen molar-refractivity contribution in [2.75, 3.05) is 6.54 Å². The number of carbonyl (C=O) groups excluding carboxylic acids is 2. The van der Waals surface area contributed by atoms with E-state index in [9.17, 15) is 9.59 Å². The van der Waals surface area contributed by atoms with Crippen LogP contribution < -0.4 is 0 Å². The summed E-state index contributed by atoms with van der Waals surface area (Å²) in [6.45, 7) is 3.99. The summed E-state index contributed by atoms with van der Waals surface area (Å²) in [6.07, 6.45) is 2.95. The zero-order chi connectivity index (χ0) is 12.5. The molecular formula is C12H15NO4. The van der Waals surface area contributed by atoms with Crippen molar-refractivity contribution in [3.05, 3.63) is 11.8 Å². The average molecular weight is 237 g/mol. The van der Waals surface area contributed by atoms with Gasteiger partial charge in [0.2, 0.25) is 5.79 Å². The van der Waals surface area contributed by atoms with Crippen LogP contribution in [-0.2, 0) is 19.1 Å². The quantitative estimate of drug-likeness (QED) is 0.695. The van der Waals surface area contributed by atoms with Crippen molar-refractivity contribution in [1.82, 2.24) is 0 Å². The van der Waals surface area contributed by atoms with Crippen LogP contribution in [0, 0.1) is 0 Å². The van der Waals surface area contributed by atoms with Crippen LogP contribution in [-0.4, -0.2) is 29.8 Å². The van der Waals surface area contributed by atoms with Crippen molar-refractivity contribution >= 4 is 17.5 Å². The zero-order valence-corrected chi connectivity index (χ0v) is 9.99. The lowest BCUT2D eigenvalue weighted by Gasteiger charge is -2.30. The molecule has 0 bridgehead atoms. The number of hydrogen-bond acceptors (Lipinski definition) is 5. The highest BCUT2D eigenvalue weighted by Crippen LogP contribution is 2.24. The minimum Gasteiger partial charge on any atom is -0.456 e. The molecule has 0 aromatic rings. The van der Waals surface area contributed by atoms with E-state index in [1.54, 1.807) is 13.8 Å². The van der Waals surface area contributed by atoms with E-state index in [4.69, 9.17) is 9.47 Å². The van der Waals surface area contributed by atoms with Gasteiger partial charge in [-0.2, -0.15) is 0 Å². The number of ketones is 1. The lowest BCUT2D eigenvalue weighted by atomic mass is 10.1. The summed E-state index contributed by atoms with van der Waals surface area (Å²) in [5.74, 6) is -1.19. The second-order valence-corrected chi connectivity index (χ2v) is 4.57. The topological polar surface area (TPSA) is 65.0 Å². The Hall–Kier alpha value is -1.65. The Balaban J connectivity index is 2.03. The van der Waals surface area contributed by atoms with Crippen LogP contribution >= 0.6 is 0 Å². The van der Waals surface area contributed by atoms with Gasteiger partial charge in [-0.15, -0.1) is 0 Å². The molecule has 0 unspecified atom stereocenters. The molecule has 0 aromatic heterocycles. The maximum absolute atomic E-state index is 11.8. The van der Waals surface area contributed by atoms with Gasteiger partial charge in [0.15, 0.2) is 5.78 Å². The van der Waals surface area contributed by atoms with Gasteiger partial charge in [-0.3, -0.25) is 9.79 Å². The van der Waals surface area contributed by atoms with Crippen molar-refractivity contribution in [1.29, 1.82) is 0 Å². The van der Waals surface area contributed by atoms with E-state index in [-0.39, 0.29) is 12.2 Å². The summed E-state index contributed by atoms with van der Waals surface area (Å²) in [7, 11) is 0. The van der Waals surface area contributed by atoms with Gasteiger partial charge in [-0.1, -0.05) is 0 Å². The molecule has 17 heavy (non-hydrogen) atoms. The molecule has 0 radical (unpaired) electrons. The van der Waals surface area contributed by atoms with E-state index >= 15 is 0 Å². The lowest BCUT2D eigenvalue weighted by molar-refractivity contribution is -0.205. The van der Waals surface area contributed by atoms with Crippen molar-refractivity contribution < 1.29 is 19.1 Å². The van der Waals surface area contributed by atoms with Crippen molar-refractivity contribution in [2.24, 2.45) is 4.99 Å². The number of ether oxygens (including phenoxy) is 2. The summed E-state index contributed by atoms with van der Waals surface area (Å²) in [6, 6.07) is 0. The molecule has 92 valence electrons. The number of Topliss-reactive ketones (excluding diaryl/α,β-unsaturated/α-hetero) is 1. The second-order valence-electron chi connectivity index (χ2n) is 4.57. The van der Waals surface area contributed by atoms with Gasteiger partial charge in [0.05, 0.1) is 18.2 Å². The van der Waals surface area contributed by atoms with Crippen molar-refractivity contribution in [2.45, 2.75) is 38.9 Å². The molecule has 0 N–H and O–H groups in total. The maximum atomic E-state index is 11.8. The number of hydrogen-bond donors (Lipinski definition) is 0. The molecule has 5 nitrogen and oxygen atoms in total. The number of aliphatic imine (C=N–C) groups is 1. The monoisotopic (exact) mass is 237 g/mol. The molecular weight excluding hydrogens is 222 g/mol. The van der Waals surface area contributed by atoms with Crippen LogP contribution in [0.4, 0.5) is 0 Å². The van der Waals surface area contributed by atoms with E-state index < -0.39 is 11.8 Å². The predicted molar refractivity (Wildman–Crippen MR) is 60.5 cm³/mol. The van der Waals surface area contributed by atoms with Gasteiger partial charge in [0, 0.05) is 20.4 Å². The molecule has 2 heterocycles. The van der Waals surface area contributed by atoms with Gasteiger partial charge in [0.1, 0.15) is 5.76 Å². The molecule has 2 aliphatic heterocycles. The van der Waals surface area contributed by atoms with Crippen molar-refractivity contribution in [3.63, 3.8) is 0 Å². The summed E-state index contributed by atoms with van der Waals surface area (Å²) in [5, 5.41) is 0. The Labute approximate surface area is 99.5 Å². The first-order valence-electron chi connectivity index (χ1n) is 5.65. The van der Waals surface area contributed by atoms with Crippen LogP contribution in [0.1, 0.15) is 33.1 Å². The first kappa shape index (κ1) is 11.8. The number of rotatable bonds is 3. The lowest BCUT2D eigenvalue weighted by Crippen LogP contribution is -2.35. The van der Waals surface area contributed by atoms with Crippen LogP contribution in [0.15, 0.2) is 16.8 Å². The van der Waals surface area contributed by atoms with Gasteiger partial charge in [-0.25, -0.2) is 4.79 Å². The molecule has 0 atom stereocenters. The first-order chi connectivity index (χ1) is 7.96. The molecule has 0 saturated heterocycles. The maximum Gasteiger partial charge on any atom is 0.337 e. The number of allylic oxidation sites excluding steroid dienone is 1. The Kier molecular flexibility index (Phi) is 3.00. The standard InChI is InChI=1S/C12H15NO4/c1-12(2)16-8(7-11(15)17-12)6-10(14)9-4-3-5-13-9/h7H,3-6H2,1-2H3. The smallest absolute Gasteiger partial charge is 0.337 e. The fourth-order valence-electron chi connectivity index (χ4n) is 1.88. The van der Waals surface area contributed by atoms with Gasteiger partial charge in [0.25, 0.3) is 0 Å². The first-order valence-corrected chi connectivity index (χ1v) is 5.65. The van der Waals surface area contributed by atoms with E-state index in [1.165, 1.54) is 6.08 Å². The van der Waals surface area contributed by atoms with Crippen LogP contribution in [0.2, 0.25) is 0 Å². The molecule has 0 saturated carbocycles. The predicted octanol–water partition coefficient (Wildman–Crippen LogP) is 1.37. The summed E-state index contributed by atoms with van der Waals surface area (Å²) < 4.78 is 10.3. The van der Waals surface area contributed by atoms with E-state index in [1.807, 2.05) is 0 Å². The van der Waals surface area contributed by atoms with Gasteiger partial charge in [-0.05, 0) is 12.8 Å². The minimum absolute atomic E-state index is 0.0701. The Morgan fingerprint density at radius 2 is 2.24 bits per heavy atom. The molecule has 0 amide bonds. The van der Waals surface area contributed by atoms with Crippen LogP contribution in [0.25, 0.3) is 0 Å². The summed E-state index contributed by atoms with van der Waals surface area (Å²) in [4.78, 5) is 27.2. The summed E-state index contributed by atoms with van der Waals surface area (Å²) in [5.41, 5.74) is 0.603. The van der Waals surface area contributed by atoms with E-state index in [2.05, 4.69) is 4.99 Å². The largest absolute Gasteiger partial charge is 0.456 e. The highest BCUT2D eigenvalue weighted by molar-refractivity contribution is 6.40. The summed E-state index contributed by atoms with van der Waals surface area (Å²) >= 11 is 0. The van der Waals surface area contributed by atoms with Crippen LogP contribution in [0.3, 0.4) is 0 Å². The number of nitrogens with zero attached hydrogens (tertiary/aromatic N) is 1. The SMILES string of the molecule is CC1(C)OC(=O)C=C(CC(=O)C2=NCCC2)O1. The number of esters is 1. The molecule has 2 rings (SSSR count). The minimum atomic E-state index is -1.00. The highest BCUT2D eigenvalue weighted by atomic mass is 16.7. The Morgan fingerprint density at radius 3 is 2.82 bits per heavy atom. The van der Waals surface area contributed by atoms with Gasteiger partial charge < -0.3 is 9.47 Å². The van der Waals surface area contributed by atoms with Crippen LogP contribution in [0.5, 0.6) is 0 Å². The highest BCUT2D eigenvalue weighted by Gasteiger charge is 2.31. The molecule has 0 aliphatic carbocycles. The molecule has 0 fully saturated rings. The number of cyclic esters (lactones) is 1. The third-order valence-corrected chi connectivity index (χ3v) is 2.53. The molecule has 0 spiro atoms. The Morgan fingerprint density at radius 1 is 1.47 bits per heavy atom. The normalized spacial score (nSPS) is 22.4. The van der Waals surface area contributed by atoms with E-state index in [0.29, 0.717) is 18.0 Å². The third-order valence-electron chi connectivity index (χ3n) is 2.53. The molecule has 2 aliphatic rings. The van der Waals surface area contributed by atoms with Crippen molar-refractivity contribution in [3.8, 4) is 0 Å². The van der Waals surface area contributed by atoms with E-state index in [0.717, 1.165) is 12.8 Å². The molecule has 5 heteroatoms. The molecule has 0 aromatic carbocycles. The second kappa shape index (κ2) is 4.31. The Bertz CT molecular complexity index is 420. The fourth-order valence-corrected chi connectivity index (χ4v) is 1.88. The number of carbonyl (C=O) groups is 2. The fraction of sp³-hybridized carbons (Fsp3) is 0.583. The third kappa shape index (κ3) is 2.93. The average Bonchev–Trinajstić information content (AvgIpc) is 2.65. The zero-order valence-electron chi connectivity index (χ0n) is 9.99. The van der Waals surface area contributed by atoms with Gasteiger partial charge >= 0.3 is 5.97 Å².